The van der Waals surface area contributed by atoms with Gasteiger partial charge in [0.2, 0.25) is 5.95 Å². The van der Waals surface area contributed by atoms with E-state index in [9.17, 15) is 13.6 Å². The lowest BCUT2D eigenvalue weighted by Crippen LogP contribution is -2.37. The van der Waals surface area contributed by atoms with Gasteiger partial charge in [0.15, 0.2) is 5.82 Å². The van der Waals surface area contributed by atoms with Crippen LogP contribution in [0.4, 0.5) is 31.2 Å². The van der Waals surface area contributed by atoms with Crippen LogP contribution in [0.1, 0.15) is 70.7 Å². The van der Waals surface area contributed by atoms with Crippen LogP contribution in [0.15, 0.2) is 35.1 Å². The minimum absolute atomic E-state index is 0.213. The highest BCUT2D eigenvalue weighted by molar-refractivity contribution is 5.67. The minimum atomic E-state index is -0.645. The molecule has 11 nitrogen and oxygen atoms in total. The van der Waals surface area contributed by atoms with Crippen LogP contribution in [-0.4, -0.2) is 71.1 Å². The molecule has 2 saturated heterocycles. The lowest BCUT2D eigenvalue weighted by molar-refractivity contribution is 0.0519. The van der Waals surface area contributed by atoms with Crippen LogP contribution in [0.5, 0.6) is 0 Å². The molecule has 5 rings (SSSR count). The lowest BCUT2D eigenvalue weighted by atomic mass is 9.88. The van der Waals surface area contributed by atoms with Gasteiger partial charge in [0.25, 0.3) is 0 Å². The van der Waals surface area contributed by atoms with E-state index < -0.39 is 23.3 Å². The van der Waals surface area contributed by atoms with E-state index in [2.05, 4.69) is 35.6 Å². The number of nitrogens with one attached hydrogen (secondary N) is 2. The molecule has 13 heteroatoms. The molecule has 0 bridgehead atoms. The van der Waals surface area contributed by atoms with Crippen molar-refractivity contribution in [3.8, 4) is 0 Å². The molecule has 2 aliphatic rings. The van der Waals surface area contributed by atoms with Gasteiger partial charge in [-0.05, 0) is 63.3 Å². The third-order valence-electron chi connectivity index (χ3n) is 8.05. The van der Waals surface area contributed by atoms with Gasteiger partial charge in [-0.25, -0.2) is 23.5 Å². The summed E-state index contributed by atoms with van der Waals surface area (Å²) in [5.74, 6) is 0.352. The zero-order valence-corrected chi connectivity index (χ0v) is 26.0. The standard InChI is InChI=1S/C31H42F2N8O3/c1-19(2)27-38-29(44-39-27)40-10-8-20(9-11-40)13-34-23-15-35-28(36-16-23)41-17-21(14-37-30(42)43-31(3,4)5)25(18-41)24-12-22(32)6-7-26(24)33/h6-7,12,15-16,19-21,25,34H,8-11,13-14,17-18H2,1-5H3,(H,37,42)/t21-,25?/m0/s1. The topological polar surface area (TPSA) is 122 Å². The second kappa shape index (κ2) is 13.3. The Morgan fingerprint density at radius 1 is 1.09 bits per heavy atom. The van der Waals surface area contributed by atoms with Crippen LogP contribution in [-0.2, 0) is 4.74 Å². The second-order valence-electron chi connectivity index (χ2n) is 13.0. The first-order chi connectivity index (χ1) is 20.9. The van der Waals surface area contributed by atoms with Crippen molar-refractivity contribution < 1.29 is 22.8 Å². The fourth-order valence-corrected chi connectivity index (χ4v) is 5.68. The highest BCUT2D eigenvalue weighted by Crippen LogP contribution is 2.36. The van der Waals surface area contributed by atoms with Crippen molar-refractivity contribution in [3.63, 3.8) is 0 Å². The average Bonchev–Trinajstić information content (AvgIpc) is 3.64. The summed E-state index contributed by atoms with van der Waals surface area (Å²) in [5, 5.41) is 10.3. The fourth-order valence-electron chi connectivity index (χ4n) is 5.68. The maximum absolute atomic E-state index is 14.8. The normalized spacial score (nSPS) is 19.5. The lowest BCUT2D eigenvalue weighted by Gasteiger charge is -2.30. The van der Waals surface area contributed by atoms with E-state index in [0.29, 0.717) is 31.0 Å². The van der Waals surface area contributed by atoms with Crippen molar-refractivity contribution in [1.82, 2.24) is 25.4 Å². The predicted octanol–water partition coefficient (Wildman–Crippen LogP) is 5.33. The molecule has 2 aliphatic heterocycles. The second-order valence-corrected chi connectivity index (χ2v) is 13.0. The maximum Gasteiger partial charge on any atom is 0.407 e. The van der Waals surface area contributed by atoms with Crippen molar-refractivity contribution in [2.75, 3.05) is 54.4 Å². The number of hydrogen-bond donors (Lipinski definition) is 2. The summed E-state index contributed by atoms with van der Waals surface area (Å²) in [7, 11) is 0. The molecule has 2 atom stereocenters. The molecular weight excluding hydrogens is 570 g/mol. The van der Waals surface area contributed by atoms with Gasteiger partial charge in [0.05, 0.1) is 18.1 Å². The molecule has 2 N–H and O–H groups in total. The van der Waals surface area contributed by atoms with Gasteiger partial charge >= 0.3 is 12.1 Å². The number of rotatable bonds is 9. The molecule has 0 saturated carbocycles. The third kappa shape index (κ3) is 7.92. The number of aromatic nitrogens is 4. The van der Waals surface area contributed by atoms with Gasteiger partial charge in [0.1, 0.15) is 17.2 Å². The van der Waals surface area contributed by atoms with Gasteiger partial charge in [-0.1, -0.05) is 19.0 Å². The molecule has 238 valence electrons. The molecule has 0 aliphatic carbocycles. The largest absolute Gasteiger partial charge is 0.444 e. The van der Waals surface area contributed by atoms with Crippen molar-refractivity contribution >= 4 is 23.7 Å². The summed E-state index contributed by atoms with van der Waals surface area (Å²) >= 11 is 0. The summed E-state index contributed by atoms with van der Waals surface area (Å²) < 4.78 is 39.7. The summed E-state index contributed by atoms with van der Waals surface area (Å²) in [5.41, 5.74) is 0.435. The summed E-state index contributed by atoms with van der Waals surface area (Å²) in [6.07, 6.45) is 4.92. The Balaban J connectivity index is 1.17. The third-order valence-corrected chi connectivity index (χ3v) is 8.05. The SMILES string of the molecule is CC(C)c1noc(N2CCC(CNc3cnc(N4CC(c5cc(F)ccc5F)[C@@H](CNC(=O)OC(C)(C)C)C4)nc3)CC2)n1. The van der Waals surface area contributed by atoms with Crippen molar-refractivity contribution in [2.45, 2.75) is 64.9 Å². The molecule has 0 radical (unpaired) electrons. The van der Waals surface area contributed by atoms with Crippen LogP contribution in [0, 0.1) is 23.5 Å². The molecule has 44 heavy (non-hydrogen) atoms. The van der Waals surface area contributed by atoms with Gasteiger partial charge < -0.3 is 29.7 Å². The Morgan fingerprint density at radius 2 is 1.82 bits per heavy atom. The number of alkyl carbamates (subject to hydrolysis) is 1. The first-order valence-corrected chi connectivity index (χ1v) is 15.3. The van der Waals surface area contributed by atoms with Crippen LogP contribution in [0.25, 0.3) is 0 Å². The number of anilines is 3. The van der Waals surface area contributed by atoms with Crippen molar-refractivity contribution in [2.24, 2.45) is 11.8 Å². The number of piperidine rings is 1. The number of carbonyl (C=O) groups excluding carboxylic acids is 1. The van der Waals surface area contributed by atoms with Gasteiger partial charge in [-0.2, -0.15) is 4.98 Å². The molecular formula is C31H42F2N8O3. The zero-order valence-electron chi connectivity index (χ0n) is 26.0. The quantitative estimate of drug-likeness (QED) is 0.328. The minimum Gasteiger partial charge on any atom is -0.444 e. The number of amides is 1. The Labute approximate surface area is 256 Å². The molecule has 0 spiro atoms. The monoisotopic (exact) mass is 612 g/mol. The summed E-state index contributed by atoms with van der Waals surface area (Å²) in [6.45, 7) is 13.0. The maximum atomic E-state index is 14.8. The van der Waals surface area contributed by atoms with Crippen LogP contribution < -0.4 is 20.4 Å². The van der Waals surface area contributed by atoms with E-state index in [0.717, 1.165) is 56.1 Å². The number of hydrogen-bond acceptors (Lipinski definition) is 10. The number of halogens is 2. The van der Waals surface area contributed by atoms with Crippen LogP contribution in [0.2, 0.25) is 0 Å². The Hall–Kier alpha value is -4.03. The van der Waals surface area contributed by atoms with Gasteiger partial charge in [0, 0.05) is 57.0 Å². The molecule has 1 amide bonds. The summed E-state index contributed by atoms with van der Waals surface area (Å²) in [4.78, 5) is 30.1. The first-order valence-electron chi connectivity index (χ1n) is 15.3. The highest BCUT2D eigenvalue weighted by Gasteiger charge is 2.37. The summed E-state index contributed by atoms with van der Waals surface area (Å²) in [6, 6.07) is 4.07. The van der Waals surface area contributed by atoms with Crippen molar-refractivity contribution in [3.05, 3.63) is 53.6 Å². The molecule has 1 unspecified atom stereocenters. The van der Waals surface area contributed by atoms with E-state index >= 15 is 0 Å². The molecule has 1 aromatic carbocycles. The Morgan fingerprint density at radius 3 is 2.48 bits per heavy atom. The predicted molar refractivity (Wildman–Crippen MR) is 163 cm³/mol. The molecule has 2 aromatic heterocycles. The van der Waals surface area contributed by atoms with E-state index in [-0.39, 0.29) is 29.9 Å². The average molecular weight is 613 g/mol. The van der Waals surface area contributed by atoms with E-state index in [1.165, 1.54) is 6.07 Å². The zero-order chi connectivity index (χ0) is 31.4. The van der Waals surface area contributed by atoms with E-state index in [1.807, 2.05) is 18.7 Å². The number of benzene rings is 1. The van der Waals surface area contributed by atoms with Crippen LogP contribution in [0.3, 0.4) is 0 Å². The first kappa shape index (κ1) is 31.4. The highest BCUT2D eigenvalue weighted by atomic mass is 19.1. The molecule has 2 fully saturated rings. The van der Waals surface area contributed by atoms with E-state index in [1.54, 1.807) is 33.2 Å². The van der Waals surface area contributed by atoms with Gasteiger partial charge in [-0.15, -0.1) is 0 Å². The van der Waals surface area contributed by atoms with Gasteiger partial charge in [-0.3, -0.25) is 0 Å². The van der Waals surface area contributed by atoms with E-state index in [4.69, 9.17) is 9.26 Å². The molecule has 4 heterocycles. The fraction of sp³-hybridized carbons (Fsp3) is 0.581. The number of nitrogens with zero attached hydrogens (tertiary/aromatic N) is 6. The van der Waals surface area contributed by atoms with Crippen molar-refractivity contribution in [1.29, 1.82) is 0 Å². The van der Waals surface area contributed by atoms with Crippen LogP contribution >= 0.6 is 0 Å². The smallest absolute Gasteiger partial charge is 0.407 e. The molecule has 3 aromatic rings. The number of carbonyl (C=O) groups is 1. The Kier molecular flexibility index (Phi) is 9.50. The Bertz CT molecular complexity index is 1400. The number of ether oxygens (including phenoxy) is 1.